The standard InChI is InChI=1S/C12H17BrN2O.ClH/c1-8(14)6-7-12(16)15-11-5-3-4-10(13)9(11)2;/h3-5,8H,6-7,14H2,1-2H3,(H,15,16);1H. The fourth-order valence-corrected chi connectivity index (χ4v) is 1.68. The van der Waals surface area contributed by atoms with Crippen LogP contribution in [0.4, 0.5) is 5.69 Å². The van der Waals surface area contributed by atoms with Crippen molar-refractivity contribution in [1.29, 1.82) is 0 Å². The van der Waals surface area contributed by atoms with Crippen molar-refractivity contribution < 1.29 is 4.79 Å². The maximum atomic E-state index is 11.6. The number of carbonyl (C=O) groups is 1. The quantitative estimate of drug-likeness (QED) is 0.894. The van der Waals surface area contributed by atoms with E-state index in [9.17, 15) is 4.79 Å². The van der Waals surface area contributed by atoms with Crippen LogP contribution in [0.15, 0.2) is 22.7 Å². The van der Waals surface area contributed by atoms with Gasteiger partial charge in [-0.05, 0) is 38.0 Å². The molecule has 0 saturated carbocycles. The lowest BCUT2D eigenvalue weighted by Crippen LogP contribution is -2.19. The van der Waals surface area contributed by atoms with Gasteiger partial charge in [0.15, 0.2) is 0 Å². The average molecular weight is 322 g/mol. The molecule has 0 heterocycles. The maximum Gasteiger partial charge on any atom is 0.224 e. The van der Waals surface area contributed by atoms with Gasteiger partial charge in [-0.3, -0.25) is 4.79 Å². The van der Waals surface area contributed by atoms with E-state index in [1.807, 2.05) is 32.0 Å². The van der Waals surface area contributed by atoms with Crippen molar-refractivity contribution in [1.82, 2.24) is 0 Å². The SMILES string of the molecule is Cc1c(Br)cccc1NC(=O)CCC(C)N.Cl. The summed E-state index contributed by atoms with van der Waals surface area (Å²) in [7, 11) is 0. The third-order valence-corrected chi connectivity index (χ3v) is 3.23. The Labute approximate surface area is 117 Å². The Morgan fingerprint density at radius 3 is 2.76 bits per heavy atom. The number of hydrogen-bond acceptors (Lipinski definition) is 2. The lowest BCUT2D eigenvalue weighted by molar-refractivity contribution is -0.116. The molecule has 0 aliphatic rings. The van der Waals surface area contributed by atoms with Gasteiger partial charge in [0, 0.05) is 22.6 Å². The number of halogens is 2. The second kappa shape index (κ2) is 7.69. The highest BCUT2D eigenvalue weighted by Gasteiger charge is 2.07. The van der Waals surface area contributed by atoms with Crippen molar-refractivity contribution in [3.63, 3.8) is 0 Å². The van der Waals surface area contributed by atoms with E-state index < -0.39 is 0 Å². The van der Waals surface area contributed by atoms with Gasteiger partial charge in [-0.1, -0.05) is 22.0 Å². The zero-order valence-corrected chi connectivity index (χ0v) is 12.4. The van der Waals surface area contributed by atoms with E-state index >= 15 is 0 Å². The van der Waals surface area contributed by atoms with Gasteiger partial charge in [0.1, 0.15) is 0 Å². The van der Waals surface area contributed by atoms with E-state index in [1.165, 1.54) is 0 Å². The van der Waals surface area contributed by atoms with Gasteiger partial charge < -0.3 is 11.1 Å². The topological polar surface area (TPSA) is 55.1 Å². The van der Waals surface area contributed by atoms with Crippen molar-refractivity contribution in [2.24, 2.45) is 5.73 Å². The molecule has 5 heteroatoms. The maximum absolute atomic E-state index is 11.6. The van der Waals surface area contributed by atoms with Crippen LogP contribution in [-0.4, -0.2) is 11.9 Å². The Hall–Kier alpha value is -0.580. The highest BCUT2D eigenvalue weighted by molar-refractivity contribution is 9.10. The Balaban J connectivity index is 0.00000256. The zero-order chi connectivity index (χ0) is 12.1. The minimum Gasteiger partial charge on any atom is -0.328 e. The molecule has 1 aromatic carbocycles. The number of nitrogens with two attached hydrogens (primary N) is 1. The predicted octanol–water partition coefficient (Wildman–Crippen LogP) is 3.25. The molecule has 0 aromatic heterocycles. The van der Waals surface area contributed by atoms with Crippen LogP contribution < -0.4 is 11.1 Å². The zero-order valence-electron chi connectivity index (χ0n) is 10.00. The molecule has 1 aromatic rings. The van der Waals surface area contributed by atoms with Crippen LogP contribution in [0.5, 0.6) is 0 Å². The first-order chi connectivity index (χ1) is 7.50. The largest absolute Gasteiger partial charge is 0.328 e. The Kier molecular flexibility index (Phi) is 7.43. The third-order valence-electron chi connectivity index (χ3n) is 2.37. The number of benzene rings is 1. The summed E-state index contributed by atoms with van der Waals surface area (Å²) < 4.78 is 0.998. The van der Waals surface area contributed by atoms with Crippen molar-refractivity contribution >= 4 is 39.9 Å². The molecule has 3 nitrogen and oxygen atoms in total. The molecular weight excluding hydrogens is 304 g/mol. The number of rotatable bonds is 4. The van der Waals surface area contributed by atoms with E-state index in [1.54, 1.807) is 0 Å². The van der Waals surface area contributed by atoms with E-state index in [4.69, 9.17) is 5.73 Å². The summed E-state index contributed by atoms with van der Waals surface area (Å²) in [6.07, 6.45) is 1.17. The minimum absolute atomic E-state index is 0. The van der Waals surface area contributed by atoms with Crippen molar-refractivity contribution in [2.45, 2.75) is 32.7 Å². The van der Waals surface area contributed by atoms with Gasteiger partial charge in [0.25, 0.3) is 0 Å². The predicted molar refractivity (Wildman–Crippen MR) is 77.6 cm³/mol. The monoisotopic (exact) mass is 320 g/mol. The van der Waals surface area contributed by atoms with E-state index in [2.05, 4.69) is 21.2 Å². The first kappa shape index (κ1) is 16.4. The summed E-state index contributed by atoms with van der Waals surface area (Å²) in [6.45, 7) is 3.86. The van der Waals surface area contributed by atoms with Crippen molar-refractivity contribution in [3.05, 3.63) is 28.2 Å². The molecule has 17 heavy (non-hydrogen) atoms. The van der Waals surface area contributed by atoms with Crippen molar-refractivity contribution in [3.8, 4) is 0 Å². The Morgan fingerprint density at radius 1 is 1.53 bits per heavy atom. The molecule has 0 radical (unpaired) electrons. The fourth-order valence-electron chi connectivity index (χ4n) is 1.31. The second-order valence-electron chi connectivity index (χ2n) is 3.98. The third kappa shape index (κ3) is 5.52. The van der Waals surface area contributed by atoms with Crippen LogP contribution in [0.1, 0.15) is 25.3 Å². The van der Waals surface area contributed by atoms with Gasteiger partial charge in [-0.15, -0.1) is 12.4 Å². The summed E-state index contributed by atoms with van der Waals surface area (Å²) in [5.74, 6) is 0.0125. The van der Waals surface area contributed by atoms with Gasteiger partial charge in [0.05, 0.1) is 0 Å². The lowest BCUT2D eigenvalue weighted by Gasteiger charge is -2.10. The second-order valence-corrected chi connectivity index (χ2v) is 4.83. The molecule has 3 N–H and O–H groups in total. The first-order valence-corrected chi connectivity index (χ1v) is 6.10. The van der Waals surface area contributed by atoms with Gasteiger partial charge >= 0.3 is 0 Å². The van der Waals surface area contributed by atoms with Gasteiger partial charge in [-0.2, -0.15) is 0 Å². The van der Waals surface area contributed by atoms with Crippen LogP contribution in [0.2, 0.25) is 0 Å². The number of carbonyl (C=O) groups excluding carboxylic acids is 1. The summed E-state index contributed by atoms with van der Waals surface area (Å²) in [5, 5.41) is 2.88. The highest BCUT2D eigenvalue weighted by atomic mass is 79.9. The molecule has 0 saturated heterocycles. The molecule has 1 amide bonds. The summed E-state index contributed by atoms with van der Waals surface area (Å²) in [5.41, 5.74) is 7.49. The molecule has 1 rings (SSSR count). The fraction of sp³-hybridized carbons (Fsp3) is 0.417. The van der Waals surface area contributed by atoms with Crippen LogP contribution in [0.3, 0.4) is 0 Å². The first-order valence-electron chi connectivity index (χ1n) is 5.31. The Bertz CT molecular complexity index is 383. The molecule has 1 unspecified atom stereocenters. The number of amides is 1. The van der Waals surface area contributed by atoms with E-state index in [-0.39, 0.29) is 24.4 Å². The molecule has 0 bridgehead atoms. The molecule has 96 valence electrons. The number of hydrogen-bond donors (Lipinski definition) is 2. The smallest absolute Gasteiger partial charge is 0.224 e. The number of anilines is 1. The summed E-state index contributed by atoms with van der Waals surface area (Å²) in [6, 6.07) is 5.81. The van der Waals surface area contributed by atoms with Gasteiger partial charge in [0.2, 0.25) is 5.91 Å². The molecule has 0 spiro atoms. The van der Waals surface area contributed by atoms with Gasteiger partial charge in [-0.25, -0.2) is 0 Å². The van der Waals surface area contributed by atoms with Crippen LogP contribution in [0.25, 0.3) is 0 Å². The van der Waals surface area contributed by atoms with Crippen LogP contribution in [-0.2, 0) is 4.79 Å². The number of nitrogens with one attached hydrogen (secondary N) is 1. The molecule has 0 aliphatic heterocycles. The van der Waals surface area contributed by atoms with E-state index in [0.29, 0.717) is 12.8 Å². The lowest BCUT2D eigenvalue weighted by atomic mass is 10.1. The normalized spacial score (nSPS) is 11.5. The van der Waals surface area contributed by atoms with Crippen LogP contribution >= 0.6 is 28.3 Å². The molecule has 0 fully saturated rings. The summed E-state index contributed by atoms with van der Waals surface area (Å²) in [4.78, 5) is 11.6. The van der Waals surface area contributed by atoms with Crippen molar-refractivity contribution in [2.75, 3.05) is 5.32 Å². The Morgan fingerprint density at radius 2 is 2.18 bits per heavy atom. The van der Waals surface area contributed by atoms with Crippen LogP contribution in [0, 0.1) is 6.92 Å². The highest BCUT2D eigenvalue weighted by Crippen LogP contribution is 2.23. The minimum atomic E-state index is 0. The average Bonchev–Trinajstić information content (AvgIpc) is 2.22. The molecular formula is C12H18BrClN2O. The van der Waals surface area contributed by atoms with E-state index in [0.717, 1.165) is 15.7 Å². The summed E-state index contributed by atoms with van der Waals surface area (Å²) >= 11 is 3.43. The molecule has 1 atom stereocenters. The molecule has 0 aliphatic carbocycles.